The van der Waals surface area contributed by atoms with Crippen LogP contribution in [0.2, 0.25) is 0 Å². The van der Waals surface area contributed by atoms with Gasteiger partial charge in [-0.2, -0.15) is 0 Å². The molecule has 3 aromatic rings. The van der Waals surface area contributed by atoms with E-state index in [4.69, 9.17) is 4.74 Å². The van der Waals surface area contributed by atoms with Crippen LogP contribution < -0.4 is 15.0 Å². The van der Waals surface area contributed by atoms with Crippen molar-refractivity contribution in [2.45, 2.75) is 19.4 Å². The topological polar surface area (TPSA) is 97.6 Å². The van der Waals surface area contributed by atoms with Gasteiger partial charge in [-0.05, 0) is 48.7 Å². The van der Waals surface area contributed by atoms with Gasteiger partial charge in [-0.25, -0.2) is 0 Å². The molecule has 1 amide bonds. The van der Waals surface area contributed by atoms with E-state index in [-0.39, 0.29) is 22.4 Å². The predicted octanol–water partition coefficient (Wildman–Crippen LogP) is 3.68. The number of benzene rings is 2. The van der Waals surface area contributed by atoms with Crippen molar-refractivity contribution in [3.05, 3.63) is 70.4 Å². The van der Waals surface area contributed by atoms with Crippen LogP contribution in [0.4, 0.5) is 11.4 Å². The zero-order valence-electron chi connectivity index (χ0n) is 17.3. The zero-order valence-corrected chi connectivity index (χ0v) is 17.3. The molecule has 0 saturated carbocycles. The van der Waals surface area contributed by atoms with Gasteiger partial charge in [0.05, 0.1) is 23.1 Å². The minimum Gasteiger partial charge on any atom is -0.497 e. The summed E-state index contributed by atoms with van der Waals surface area (Å²) in [4.78, 5) is 30.1. The minimum absolute atomic E-state index is 0.0493. The fourth-order valence-electron chi connectivity index (χ4n) is 4.02. The van der Waals surface area contributed by atoms with Crippen LogP contribution in [0.15, 0.2) is 54.7 Å². The first-order valence-electron chi connectivity index (χ1n) is 10.2. The Balaban J connectivity index is 1.39. The van der Waals surface area contributed by atoms with Crippen LogP contribution in [0.1, 0.15) is 18.4 Å². The first-order chi connectivity index (χ1) is 15.1. The summed E-state index contributed by atoms with van der Waals surface area (Å²) in [5, 5.41) is 14.9. The number of nitro benzene ring substituents is 1. The van der Waals surface area contributed by atoms with Gasteiger partial charge in [0, 0.05) is 37.8 Å². The highest BCUT2D eigenvalue weighted by molar-refractivity contribution is 5.97. The number of pyridine rings is 1. The van der Waals surface area contributed by atoms with Gasteiger partial charge in [-0.3, -0.25) is 19.9 Å². The number of fused-ring (bicyclic) bond motifs is 1. The van der Waals surface area contributed by atoms with Gasteiger partial charge in [0.1, 0.15) is 11.3 Å². The number of ether oxygens (including phenoxy) is 1. The molecular formula is C23H24N4O4. The molecule has 1 N–H and O–H groups in total. The summed E-state index contributed by atoms with van der Waals surface area (Å²) in [5.41, 5.74) is 2.58. The highest BCUT2D eigenvalue weighted by Gasteiger charge is 2.27. The molecule has 8 heteroatoms. The monoisotopic (exact) mass is 420 g/mol. The number of nitrogens with one attached hydrogen (secondary N) is 1. The minimum atomic E-state index is -0.382. The van der Waals surface area contributed by atoms with Gasteiger partial charge in [-0.1, -0.05) is 12.1 Å². The maximum Gasteiger partial charge on any atom is 0.278 e. The molecule has 1 aliphatic rings. The Morgan fingerprint density at radius 2 is 1.94 bits per heavy atom. The third-order valence-electron chi connectivity index (χ3n) is 5.75. The molecule has 0 atom stereocenters. The summed E-state index contributed by atoms with van der Waals surface area (Å²) >= 11 is 0. The first kappa shape index (κ1) is 20.6. The summed E-state index contributed by atoms with van der Waals surface area (Å²) in [5.74, 6) is 0.796. The van der Waals surface area contributed by atoms with E-state index in [1.165, 1.54) is 6.07 Å². The number of rotatable bonds is 6. The molecule has 1 fully saturated rings. The summed E-state index contributed by atoms with van der Waals surface area (Å²) in [7, 11) is 1.62. The number of methoxy groups -OCH3 is 1. The van der Waals surface area contributed by atoms with E-state index in [0.717, 1.165) is 29.8 Å². The number of nitrogens with zero attached hydrogens (tertiary/aromatic N) is 3. The van der Waals surface area contributed by atoms with E-state index in [0.29, 0.717) is 30.5 Å². The second kappa shape index (κ2) is 8.99. The van der Waals surface area contributed by atoms with Gasteiger partial charge in [0.2, 0.25) is 5.91 Å². The quantitative estimate of drug-likeness (QED) is 0.483. The number of carbonyl (C=O) groups is 1. The lowest BCUT2D eigenvalue weighted by Crippen LogP contribution is -2.40. The Bertz CT molecular complexity index is 1090. The normalized spacial score (nSPS) is 14.4. The fourth-order valence-corrected chi connectivity index (χ4v) is 4.02. The van der Waals surface area contributed by atoms with Crippen LogP contribution in [0, 0.1) is 16.0 Å². The van der Waals surface area contributed by atoms with Gasteiger partial charge in [0.15, 0.2) is 0 Å². The van der Waals surface area contributed by atoms with Crippen molar-refractivity contribution in [2.75, 3.05) is 25.1 Å². The van der Waals surface area contributed by atoms with Crippen molar-refractivity contribution in [1.29, 1.82) is 0 Å². The van der Waals surface area contributed by atoms with Gasteiger partial charge in [-0.15, -0.1) is 0 Å². The average Bonchev–Trinajstić information content (AvgIpc) is 2.82. The van der Waals surface area contributed by atoms with Crippen LogP contribution in [0.5, 0.6) is 5.75 Å². The standard InChI is InChI=1S/C23H24N4O4/c1-31-18-6-4-16(5-7-18)15-25-23(28)17-10-13-26(14-11-17)21-9-8-20(27(29)30)19-3-2-12-24-22(19)21/h2-9,12,17H,10-11,13-15H2,1H3,(H,25,28). The lowest BCUT2D eigenvalue weighted by molar-refractivity contribution is -0.383. The molecule has 1 aliphatic heterocycles. The van der Waals surface area contributed by atoms with Crippen LogP contribution in [0.25, 0.3) is 10.9 Å². The highest BCUT2D eigenvalue weighted by atomic mass is 16.6. The third kappa shape index (κ3) is 4.42. The fraction of sp³-hybridized carbons (Fsp3) is 0.304. The van der Waals surface area contributed by atoms with E-state index in [2.05, 4.69) is 15.2 Å². The van der Waals surface area contributed by atoms with Crippen LogP contribution in [-0.4, -0.2) is 36.0 Å². The number of non-ortho nitro benzene ring substituents is 1. The molecule has 0 radical (unpaired) electrons. The number of nitro groups is 1. The maximum absolute atomic E-state index is 12.6. The molecule has 0 spiro atoms. The molecule has 8 nitrogen and oxygen atoms in total. The SMILES string of the molecule is COc1ccc(CNC(=O)C2CCN(c3ccc([N+](=O)[O-])c4cccnc34)CC2)cc1. The van der Waals surface area contributed by atoms with Gasteiger partial charge >= 0.3 is 0 Å². The Labute approximate surface area is 180 Å². The summed E-state index contributed by atoms with van der Waals surface area (Å²) in [6.45, 7) is 1.88. The number of amides is 1. The summed E-state index contributed by atoms with van der Waals surface area (Å²) in [6, 6.07) is 14.4. The third-order valence-corrected chi connectivity index (χ3v) is 5.75. The molecular weight excluding hydrogens is 396 g/mol. The Morgan fingerprint density at radius 3 is 2.61 bits per heavy atom. The lowest BCUT2D eigenvalue weighted by atomic mass is 9.95. The van der Waals surface area contributed by atoms with Gasteiger partial charge < -0.3 is 15.0 Å². The highest BCUT2D eigenvalue weighted by Crippen LogP contribution is 2.34. The molecule has 2 aromatic carbocycles. The maximum atomic E-state index is 12.6. The molecule has 1 saturated heterocycles. The Hall–Kier alpha value is -3.68. The van der Waals surface area contributed by atoms with Crippen molar-refractivity contribution in [3.63, 3.8) is 0 Å². The number of piperidine rings is 1. The molecule has 31 heavy (non-hydrogen) atoms. The number of carbonyl (C=O) groups excluding carboxylic acids is 1. The zero-order chi connectivity index (χ0) is 21.8. The van der Waals surface area contributed by atoms with E-state index in [9.17, 15) is 14.9 Å². The Kier molecular flexibility index (Phi) is 5.97. The molecule has 0 bridgehead atoms. The Morgan fingerprint density at radius 1 is 1.19 bits per heavy atom. The van der Waals surface area contributed by atoms with Crippen molar-refractivity contribution < 1.29 is 14.5 Å². The number of aromatic nitrogens is 1. The number of hydrogen-bond acceptors (Lipinski definition) is 6. The first-order valence-corrected chi connectivity index (χ1v) is 10.2. The molecule has 0 aliphatic carbocycles. The van der Waals surface area contributed by atoms with Crippen LogP contribution in [0.3, 0.4) is 0 Å². The second-order valence-electron chi connectivity index (χ2n) is 7.59. The molecule has 0 unspecified atom stereocenters. The van der Waals surface area contributed by atoms with E-state index < -0.39 is 0 Å². The number of anilines is 1. The van der Waals surface area contributed by atoms with Crippen LogP contribution >= 0.6 is 0 Å². The van der Waals surface area contributed by atoms with Crippen molar-refractivity contribution in [3.8, 4) is 5.75 Å². The molecule has 1 aromatic heterocycles. The lowest BCUT2D eigenvalue weighted by Gasteiger charge is -2.33. The largest absolute Gasteiger partial charge is 0.497 e. The van der Waals surface area contributed by atoms with Crippen molar-refractivity contribution >= 4 is 28.2 Å². The van der Waals surface area contributed by atoms with Crippen molar-refractivity contribution in [2.24, 2.45) is 5.92 Å². The summed E-state index contributed by atoms with van der Waals surface area (Å²) in [6.07, 6.45) is 3.09. The van der Waals surface area contributed by atoms with Gasteiger partial charge in [0.25, 0.3) is 5.69 Å². The second-order valence-corrected chi connectivity index (χ2v) is 7.59. The molecule has 2 heterocycles. The predicted molar refractivity (Wildman–Crippen MR) is 118 cm³/mol. The number of hydrogen-bond donors (Lipinski definition) is 1. The molecule has 4 rings (SSSR count). The van der Waals surface area contributed by atoms with E-state index >= 15 is 0 Å². The van der Waals surface area contributed by atoms with Crippen LogP contribution in [-0.2, 0) is 11.3 Å². The van der Waals surface area contributed by atoms with Crippen molar-refractivity contribution in [1.82, 2.24) is 10.3 Å². The smallest absolute Gasteiger partial charge is 0.278 e. The van der Waals surface area contributed by atoms with E-state index in [1.807, 2.05) is 24.3 Å². The summed E-state index contributed by atoms with van der Waals surface area (Å²) < 4.78 is 5.15. The molecule has 160 valence electrons. The van der Waals surface area contributed by atoms with E-state index in [1.54, 1.807) is 31.5 Å². The average molecular weight is 420 g/mol.